The fourth-order valence-electron chi connectivity index (χ4n) is 2.55. The van der Waals surface area contributed by atoms with E-state index in [4.69, 9.17) is 0 Å². The first kappa shape index (κ1) is 17.5. The van der Waals surface area contributed by atoms with E-state index in [2.05, 4.69) is 25.7 Å². The summed E-state index contributed by atoms with van der Waals surface area (Å²) < 4.78 is 0. The van der Waals surface area contributed by atoms with Crippen LogP contribution in [0.1, 0.15) is 10.5 Å². The normalized spacial score (nSPS) is 15.0. The second-order valence-corrected chi connectivity index (χ2v) is 5.38. The zero-order valence-electron chi connectivity index (χ0n) is 12.9. The second kappa shape index (κ2) is 8.67. The molecule has 1 amide bonds. The van der Waals surface area contributed by atoms with Crippen LogP contribution in [0.15, 0.2) is 36.4 Å². The predicted molar refractivity (Wildman–Crippen MR) is 92.9 cm³/mol. The molecule has 1 aliphatic rings. The quantitative estimate of drug-likeness (QED) is 0.766. The maximum Gasteiger partial charge on any atom is 0.269 e. The van der Waals surface area contributed by atoms with E-state index >= 15 is 0 Å². The lowest BCUT2D eigenvalue weighted by molar-refractivity contribution is 0.0942. The van der Waals surface area contributed by atoms with Gasteiger partial charge in [-0.05, 0) is 6.07 Å². The highest BCUT2D eigenvalue weighted by Crippen LogP contribution is 2.16. The average molecular weight is 336 g/mol. The molecule has 7 heteroatoms. The van der Waals surface area contributed by atoms with Gasteiger partial charge in [0.1, 0.15) is 5.69 Å². The van der Waals surface area contributed by atoms with Crippen LogP contribution in [0, 0.1) is 0 Å². The first-order valence-corrected chi connectivity index (χ1v) is 7.65. The molecule has 2 aromatic rings. The van der Waals surface area contributed by atoms with E-state index in [0.29, 0.717) is 12.2 Å². The van der Waals surface area contributed by atoms with Crippen LogP contribution < -0.4 is 10.6 Å². The number of H-pyrrole nitrogens is 1. The number of nitrogens with zero attached hydrogens (tertiary/aromatic N) is 2. The molecule has 0 aliphatic carbocycles. The average Bonchev–Trinajstić information content (AvgIpc) is 3.07. The summed E-state index contributed by atoms with van der Waals surface area (Å²) in [7, 11) is 0. The van der Waals surface area contributed by atoms with Crippen LogP contribution in [0.4, 0.5) is 0 Å². The molecule has 0 bridgehead atoms. The van der Waals surface area contributed by atoms with Gasteiger partial charge in [0.25, 0.3) is 5.91 Å². The fraction of sp³-hybridized carbons (Fsp3) is 0.375. The van der Waals surface area contributed by atoms with Crippen LogP contribution in [0.5, 0.6) is 0 Å². The molecular formula is C16H22ClN5O. The van der Waals surface area contributed by atoms with Crippen molar-refractivity contribution in [3.63, 3.8) is 0 Å². The van der Waals surface area contributed by atoms with Gasteiger partial charge in [-0.25, -0.2) is 0 Å². The van der Waals surface area contributed by atoms with Gasteiger partial charge in [-0.2, -0.15) is 5.10 Å². The molecule has 23 heavy (non-hydrogen) atoms. The Labute approximate surface area is 142 Å². The number of halogens is 1. The highest BCUT2D eigenvalue weighted by molar-refractivity contribution is 5.93. The maximum absolute atomic E-state index is 12.1. The zero-order valence-corrected chi connectivity index (χ0v) is 13.7. The summed E-state index contributed by atoms with van der Waals surface area (Å²) in [6.45, 7) is 5.66. The Morgan fingerprint density at radius 2 is 1.96 bits per heavy atom. The van der Waals surface area contributed by atoms with Crippen molar-refractivity contribution in [2.24, 2.45) is 0 Å². The van der Waals surface area contributed by atoms with Crippen molar-refractivity contribution >= 4 is 18.3 Å². The van der Waals surface area contributed by atoms with Crippen LogP contribution in [-0.2, 0) is 0 Å². The van der Waals surface area contributed by atoms with E-state index in [1.165, 1.54) is 0 Å². The van der Waals surface area contributed by atoms with Crippen molar-refractivity contribution in [2.45, 2.75) is 0 Å². The minimum absolute atomic E-state index is 0. The summed E-state index contributed by atoms with van der Waals surface area (Å²) >= 11 is 0. The number of carbonyl (C=O) groups excluding carboxylic acids is 1. The number of hydrogen-bond acceptors (Lipinski definition) is 4. The van der Waals surface area contributed by atoms with Crippen molar-refractivity contribution in [1.82, 2.24) is 25.7 Å². The molecular weight excluding hydrogens is 314 g/mol. The van der Waals surface area contributed by atoms with Gasteiger partial charge >= 0.3 is 0 Å². The van der Waals surface area contributed by atoms with Crippen LogP contribution >= 0.6 is 12.4 Å². The lowest BCUT2D eigenvalue weighted by Gasteiger charge is -2.26. The Kier molecular flexibility index (Phi) is 6.58. The predicted octanol–water partition coefficient (Wildman–Crippen LogP) is 1.13. The lowest BCUT2D eigenvalue weighted by atomic mass is 10.1. The van der Waals surface area contributed by atoms with Gasteiger partial charge in [0.05, 0.1) is 5.69 Å². The standard InChI is InChI=1S/C16H21N5O.ClH/c22-16(18-8-11-21-9-6-17-7-10-21)15-12-14(19-20-15)13-4-2-1-3-5-13;/h1-5,12,17H,6-11H2,(H,18,22)(H,19,20);1H. The van der Waals surface area contributed by atoms with Crippen molar-refractivity contribution in [2.75, 3.05) is 39.3 Å². The van der Waals surface area contributed by atoms with Gasteiger partial charge in [0, 0.05) is 44.8 Å². The maximum atomic E-state index is 12.1. The molecule has 1 aliphatic heterocycles. The van der Waals surface area contributed by atoms with Gasteiger partial charge in [-0.1, -0.05) is 30.3 Å². The molecule has 0 radical (unpaired) electrons. The minimum Gasteiger partial charge on any atom is -0.349 e. The highest BCUT2D eigenvalue weighted by Gasteiger charge is 2.12. The van der Waals surface area contributed by atoms with Gasteiger partial charge in [-0.3, -0.25) is 14.8 Å². The molecule has 124 valence electrons. The molecule has 1 saturated heterocycles. The van der Waals surface area contributed by atoms with Gasteiger partial charge in [0.2, 0.25) is 0 Å². The number of aromatic nitrogens is 2. The SMILES string of the molecule is Cl.O=C(NCCN1CCNCC1)c1cc(-c2ccccc2)n[nH]1. The fourth-order valence-corrected chi connectivity index (χ4v) is 2.55. The summed E-state index contributed by atoms with van der Waals surface area (Å²) in [5.41, 5.74) is 2.28. The second-order valence-electron chi connectivity index (χ2n) is 5.38. The Bertz CT molecular complexity index is 610. The van der Waals surface area contributed by atoms with Crippen molar-refractivity contribution in [1.29, 1.82) is 0 Å². The molecule has 0 saturated carbocycles. The number of nitrogens with one attached hydrogen (secondary N) is 3. The molecule has 2 heterocycles. The molecule has 1 aromatic carbocycles. The first-order valence-electron chi connectivity index (χ1n) is 7.65. The largest absolute Gasteiger partial charge is 0.349 e. The van der Waals surface area contributed by atoms with Gasteiger partial charge < -0.3 is 10.6 Å². The van der Waals surface area contributed by atoms with Crippen LogP contribution in [0.3, 0.4) is 0 Å². The zero-order chi connectivity index (χ0) is 15.2. The smallest absolute Gasteiger partial charge is 0.269 e. The first-order chi connectivity index (χ1) is 10.8. The third-order valence-corrected chi connectivity index (χ3v) is 3.82. The topological polar surface area (TPSA) is 73.1 Å². The molecule has 3 N–H and O–H groups in total. The molecule has 0 spiro atoms. The van der Waals surface area contributed by atoms with Crippen LogP contribution in [-0.4, -0.2) is 60.3 Å². The van der Waals surface area contributed by atoms with E-state index < -0.39 is 0 Å². The van der Waals surface area contributed by atoms with Crippen LogP contribution in [0.2, 0.25) is 0 Å². The third kappa shape index (κ3) is 4.79. The van der Waals surface area contributed by atoms with Gasteiger partial charge in [-0.15, -0.1) is 12.4 Å². The number of benzene rings is 1. The Balaban J connectivity index is 0.00000192. The number of hydrogen-bond donors (Lipinski definition) is 3. The van der Waals surface area contributed by atoms with E-state index in [1.807, 2.05) is 30.3 Å². The summed E-state index contributed by atoms with van der Waals surface area (Å²) in [6.07, 6.45) is 0. The number of piperazine rings is 1. The number of carbonyl (C=O) groups is 1. The number of rotatable bonds is 5. The molecule has 1 aromatic heterocycles. The Hall–Kier alpha value is -1.89. The van der Waals surface area contributed by atoms with Crippen LogP contribution in [0.25, 0.3) is 11.3 Å². The van der Waals surface area contributed by atoms with Crippen molar-refractivity contribution < 1.29 is 4.79 Å². The van der Waals surface area contributed by atoms with E-state index in [-0.39, 0.29) is 18.3 Å². The summed E-state index contributed by atoms with van der Waals surface area (Å²) in [5, 5.41) is 13.3. The van der Waals surface area contributed by atoms with Crippen molar-refractivity contribution in [3.05, 3.63) is 42.1 Å². The molecule has 0 unspecified atom stereocenters. The summed E-state index contributed by atoms with van der Waals surface area (Å²) in [5.74, 6) is -0.107. The third-order valence-electron chi connectivity index (χ3n) is 3.82. The number of aromatic amines is 1. The summed E-state index contributed by atoms with van der Waals surface area (Å²) in [4.78, 5) is 14.5. The van der Waals surface area contributed by atoms with Gasteiger partial charge in [0.15, 0.2) is 0 Å². The van der Waals surface area contributed by atoms with E-state index in [1.54, 1.807) is 6.07 Å². The molecule has 1 fully saturated rings. The molecule has 3 rings (SSSR count). The molecule has 6 nitrogen and oxygen atoms in total. The summed E-state index contributed by atoms with van der Waals surface area (Å²) in [6, 6.07) is 11.6. The Morgan fingerprint density at radius 1 is 1.22 bits per heavy atom. The monoisotopic (exact) mass is 335 g/mol. The lowest BCUT2D eigenvalue weighted by Crippen LogP contribution is -2.46. The minimum atomic E-state index is -0.107. The van der Waals surface area contributed by atoms with Crippen molar-refractivity contribution in [3.8, 4) is 11.3 Å². The van der Waals surface area contributed by atoms with E-state index in [0.717, 1.165) is 44.0 Å². The highest BCUT2D eigenvalue weighted by atomic mass is 35.5. The number of amides is 1. The molecule has 0 atom stereocenters. The Morgan fingerprint density at radius 3 is 2.70 bits per heavy atom. The van der Waals surface area contributed by atoms with E-state index in [9.17, 15) is 4.79 Å².